The van der Waals surface area contributed by atoms with Crippen LogP contribution in [0.15, 0.2) is 54.6 Å². The van der Waals surface area contributed by atoms with Gasteiger partial charge in [0.15, 0.2) is 0 Å². The summed E-state index contributed by atoms with van der Waals surface area (Å²) in [6, 6.07) is 16.7. The second-order valence-corrected chi connectivity index (χ2v) is 6.32. The van der Waals surface area contributed by atoms with Crippen LogP contribution in [-0.2, 0) is 22.6 Å². The number of carbonyl (C=O) groups is 2. The van der Waals surface area contributed by atoms with Gasteiger partial charge in [-0.3, -0.25) is 4.79 Å². The molecule has 0 aromatic heterocycles. The number of carbonyl (C=O) groups excluding carboxylic acids is 2. The molecule has 0 saturated carbocycles. The Labute approximate surface area is 147 Å². The van der Waals surface area contributed by atoms with E-state index in [1.54, 1.807) is 11.8 Å². The molecule has 2 aromatic rings. The van der Waals surface area contributed by atoms with Crippen LogP contribution in [0, 0.1) is 0 Å². The van der Waals surface area contributed by atoms with E-state index in [1.807, 2.05) is 61.5 Å². The molecule has 0 radical (unpaired) electrons. The molecule has 25 heavy (non-hydrogen) atoms. The van der Waals surface area contributed by atoms with Crippen LogP contribution < -0.4 is 10.2 Å². The molecule has 3 rings (SSSR count). The summed E-state index contributed by atoms with van der Waals surface area (Å²) >= 11 is 0. The van der Waals surface area contributed by atoms with Gasteiger partial charge in [0.2, 0.25) is 5.91 Å². The first-order chi connectivity index (χ1) is 12.1. The average Bonchev–Trinajstić information content (AvgIpc) is 2.96. The number of ether oxygens (including phenoxy) is 1. The maximum absolute atomic E-state index is 12.8. The quantitative estimate of drug-likeness (QED) is 0.931. The van der Waals surface area contributed by atoms with Gasteiger partial charge in [-0.25, -0.2) is 4.79 Å². The minimum Gasteiger partial charge on any atom is -0.445 e. The minimum absolute atomic E-state index is 0.0782. The van der Waals surface area contributed by atoms with Crippen molar-refractivity contribution in [3.05, 3.63) is 65.7 Å². The Bertz CT molecular complexity index is 761. The van der Waals surface area contributed by atoms with Crippen LogP contribution in [0.2, 0.25) is 0 Å². The van der Waals surface area contributed by atoms with Gasteiger partial charge in [0.1, 0.15) is 12.6 Å². The lowest BCUT2D eigenvalue weighted by Crippen LogP contribution is -2.49. The maximum atomic E-state index is 12.8. The number of fused-ring (bicyclic) bond motifs is 1. The van der Waals surface area contributed by atoms with Crippen molar-refractivity contribution in [3.8, 4) is 0 Å². The third-order valence-corrected chi connectivity index (χ3v) is 4.36. The third-order valence-electron chi connectivity index (χ3n) is 4.36. The predicted molar refractivity (Wildman–Crippen MR) is 96.3 cm³/mol. The average molecular weight is 338 g/mol. The van der Waals surface area contributed by atoms with Crippen molar-refractivity contribution in [2.75, 3.05) is 4.90 Å². The lowest BCUT2D eigenvalue weighted by Gasteiger charge is -2.26. The molecule has 0 unspecified atom stereocenters. The van der Waals surface area contributed by atoms with Gasteiger partial charge >= 0.3 is 6.09 Å². The standard InChI is InChI=1S/C20H22N2O3/c1-14-12-17-10-6-7-11-18(17)22(14)19(23)15(2)21-20(24)25-13-16-8-4-3-5-9-16/h3-11,14-15H,12-13H2,1-2H3,(H,21,24)/t14-,15-/m1/s1. The van der Waals surface area contributed by atoms with Crippen molar-refractivity contribution in [2.45, 2.75) is 39.0 Å². The number of rotatable bonds is 4. The van der Waals surface area contributed by atoms with Crippen LogP contribution in [-0.4, -0.2) is 24.1 Å². The molecule has 1 heterocycles. The Balaban J connectivity index is 1.58. The molecule has 0 aliphatic carbocycles. The Hall–Kier alpha value is -2.82. The number of hydrogen-bond acceptors (Lipinski definition) is 3. The Morgan fingerprint density at radius 2 is 1.84 bits per heavy atom. The van der Waals surface area contributed by atoms with Crippen LogP contribution in [0.1, 0.15) is 25.0 Å². The molecule has 5 heteroatoms. The molecule has 2 aromatic carbocycles. The van der Waals surface area contributed by atoms with Crippen LogP contribution in [0.25, 0.3) is 0 Å². The van der Waals surface area contributed by atoms with E-state index in [9.17, 15) is 9.59 Å². The highest BCUT2D eigenvalue weighted by molar-refractivity contribution is 6.00. The van der Waals surface area contributed by atoms with Gasteiger partial charge in [-0.15, -0.1) is 0 Å². The summed E-state index contributed by atoms with van der Waals surface area (Å²) in [4.78, 5) is 26.5. The Kier molecular flexibility index (Phi) is 5.03. The highest BCUT2D eigenvalue weighted by atomic mass is 16.5. The lowest BCUT2D eigenvalue weighted by atomic mass is 10.1. The topological polar surface area (TPSA) is 58.6 Å². The second kappa shape index (κ2) is 7.38. The molecule has 0 spiro atoms. The fourth-order valence-corrected chi connectivity index (χ4v) is 3.11. The van der Waals surface area contributed by atoms with Crippen molar-refractivity contribution >= 4 is 17.7 Å². The van der Waals surface area contributed by atoms with Crippen LogP contribution in [0.5, 0.6) is 0 Å². The number of nitrogens with one attached hydrogen (secondary N) is 1. The molecular weight excluding hydrogens is 316 g/mol. The van der Waals surface area contributed by atoms with E-state index in [4.69, 9.17) is 4.74 Å². The van der Waals surface area contributed by atoms with E-state index in [0.717, 1.165) is 23.2 Å². The molecular formula is C20H22N2O3. The number of anilines is 1. The molecule has 2 amide bonds. The zero-order chi connectivity index (χ0) is 17.8. The van der Waals surface area contributed by atoms with E-state index < -0.39 is 12.1 Å². The van der Waals surface area contributed by atoms with Gasteiger partial charge in [-0.1, -0.05) is 48.5 Å². The Morgan fingerprint density at radius 3 is 2.60 bits per heavy atom. The van der Waals surface area contributed by atoms with E-state index in [1.165, 1.54) is 0 Å². The van der Waals surface area contributed by atoms with Crippen molar-refractivity contribution < 1.29 is 14.3 Å². The monoisotopic (exact) mass is 338 g/mol. The summed E-state index contributed by atoms with van der Waals surface area (Å²) in [6.07, 6.45) is 0.234. The summed E-state index contributed by atoms with van der Waals surface area (Å²) in [5.41, 5.74) is 2.98. The van der Waals surface area contributed by atoms with Crippen molar-refractivity contribution in [3.63, 3.8) is 0 Å². The molecule has 1 N–H and O–H groups in total. The third kappa shape index (κ3) is 3.82. The smallest absolute Gasteiger partial charge is 0.408 e. The van der Waals surface area contributed by atoms with Gasteiger partial charge in [0, 0.05) is 11.7 Å². The number of nitrogens with zero attached hydrogens (tertiary/aromatic N) is 1. The summed E-state index contributed by atoms with van der Waals surface area (Å²) in [5.74, 6) is -0.130. The van der Waals surface area contributed by atoms with E-state index in [0.29, 0.717) is 0 Å². The first-order valence-electron chi connectivity index (χ1n) is 8.44. The lowest BCUT2D eigenvalue weighted by molar-refractivity contribution is -0.120. The van der Waals surface area contributed by atoms with Gasteiger partial charge in [0.25, 0.3) is 0 Å². The maximum Gasteiger partial charge on any atom is 0.408 e. The fraction of sp³-hybridized carbons (Fsp3) is 0.300. The zero-order valence-electron chi connectivity index (χ0n) is 14.4. The first kappa shape index (κ1) is 17.0. The largest absolute Gasteiger partial charge is 0.445 e. The van der Waals surface area contributed by atoms with Crippen molar-refractivity contribution in [2.24, 2.45) is 0 Å². The van der Waals surface area contributed by atoms with Gasteiger partial charge < -0.3 is 15.0 Å². The Morgan fingerprint density at radius 1 is 1.16 bits per heavy atom. The van der Waals surface area contributed by atoms with Gasteiger partial charge in [0.05, 0.1) is 0 Å². The molecule has 1 aliphatic heterocycles. The molecule has 0 saturated heterocycles. The number of para-hydroxylation sites is 1. The second-order valence-electron chi connectivity index (χ2n) is 6.32. The first-order valence-corrected chi connectivity index (χ1v) is 8.44. The number of alkyl carbamates (subject to hydrolysis) is 1. The van der Waals surface area contributed by atoms with E-state index in [2.05, 4.69) is 5.32 Å². The zero-order valence-corrected chi connectivity index (χ0v) is 14.4. The summed E-state index contributed by atoms with van der Waals surface area (Å²) in [5, 5.41) is 2.63. The highest BCUT2D eigenvalue weighted by Crippen LogP contribution is 2.32. The number of hydrogen-bond donors (Lipinski definition) is 1. The molecule has 5 nitrogen and oxygen atoms in total. The summed E-state index contributed by atoms with van der Waals surface area (Å²) in [7, 11) is 0. The van der Waals surface area contributed by atoms with Crippen LogP contribution in [0.4, 0.5) is 10.5 Å². The molecule has 0 fully saturated rings. The minimum atomic E-state index is -0.656. The molecule has 130 valence electrons. The fourth-order valence-electron chi connectivity index (χ4n) is 3.11. The molecule has 1 aliphatic rings. The SMILES string of the molecule is C[C@@H]1Cc2ccccc2N1C(=O)[C@@H](C)NC(=O)OCc1ccccc1. The van der Waals surface area contributed by atoms with E-state index in [-0.39, 0.29) is 18.6 Å². The van der Waals surface area contributed by atoms with Crippen molar-refractivity contribution in [1.82, 2.24) is 5.32 Å². The normalized spacial score (nSPS) is 16.9. The van der Waals surface area contributed by atoms with Crippen LogP contribution >= 0.6 is 0 Å². The van der Waals surface area contributed by atoms with Gasteiger partial charge in [-0.05, 0) is 37.5 Å². The predicted octanol–water partition coefficient (Wildman–Crippen LogP) is 3.28. The number of benzene rings is 2. The molecule has 0 bridgehead atoms. The van der Waals surface area contributed by atoms with Crippen LogP contribution in [0.3, 0.4) is 0 Å². The number of amides is 2. The van der Waals surface area contributed by atoms with E-state index >= 15 is 0 Å². The van der Waals surface area contributed by atoms with Gasteiger partial charge in [-0.2, -0.15) is 0 Å². The molecule has 2 atom stereocenters. The van der Waals surface area contributed by atoms with Crippen molar-refractivity contribution in [1.29, 1.82) is 0 Å². The summed E-state index contributed by atoms with van der Waals surface area (Å²) in [6.45, 7) is 3.87. The summed E-state index contributed by atoms with van der Waals surface area (Å²) < 4.78 is 5.19. The highest BCUT2D eigenvalue weighted by Gasteiger charge is 2.33.